The summed E-state index contributed by atoms with van der Waals surface area (Å²) in [7, 11) is 0. The number of hydrogen-bond donors (Lipinski definition) is 2. The molecule has 2 rings (SSSR count). The predicted octanol–water partition coefficient (Wildman–Crippen LogP) is 2.55. The van der Waals surface area contributed by atoms with Gasteiger partial charge < -0.3 is 10.1 Å². The van der Waals surface area contributed by atoms with Crippen molar-refractivity contribution in [2.24, 2.45) is 0 Å². The molecular weight excluding hydrogens is 326 g/mol. The topological polar surface area (TPSA) is 53.1 Å². The molecule has 0 saturated carbocycles. The van der Waals surface area contributed by atoms with Gasteiger partial charge in [-0.05, 0) is 34.1 Å². The number of halogens is 2. The third kappa shape index (κ3) is 2.00. The first-order chi connectivity index (χ1) is 7.11. The fraction of sp³-hybridized carbons (Fsp3) is 0.100. The molecule has 1 aromatic carbocycles. The largest absolute Gasteiger partial charge is 0.391 e. The van der Waals surface area contributed by atoms with Gasteiger partial charge in [-0.3, -0.25) is 4.79 Å². The van der Waals surface area contributed by atoms with Crippen LogP contribution in [0.5, 0.6) is 0 Å². The zero-order valence-electron chi connectivity index (χ0n) is 7.55. The van der Waals surface area contributed by atoms with E-state index in [0.29, 0.717) is 5.56 Å². The highest BCUT2D eigenvalue weighted by atomic mass is 79.9. The van der Waals surface area contributed by atoms with Crippen molar-refractivity contribution in [3.05, 3.63) is 43.1 Å². The fourth-order valence-electron chi connectivity index (χ4n) is 1.40. The summed E-state index contributed by atoms with van der Waals surface area (Å²) in [4.78, 5) is 14.2. The van der Waals surface area contributed by atoms with E-state index in [1.165, 1.54) is 0 Å². The summed E-state index contributed by atoms with van der Waals surface area (Å²) in [6.45, 7) is -0.255. The van der Waals surface area contributed by atoms with Gasteiger partial charge in [0.1, 0.15) is 0 Å². The lowest BCUT2D eigenvalue weighted by molar-refractivity contribution is 0.280. The molecule has 15 heavy (non-hydrogen) atoms. The number of benzene rings is 1. The van der Waals surface area contributed by atoms with Crippen LogP contribution in [0.2, 0.25) is 0 Å². The van der Waals surface area contributed by atoms with E-state index in [1.54, 1.807) is 6.07 Å². The summed E-state index contributed by atoms with van der Waals surface area (Å²) in [6.07, 6.45) is 0. The van der Waals surface area contributed by atoms with Crippen molar-refractivity contribution in [1.82, 2.24) is 4.98 Å². The Morgan fingerprint density at radius 2 is 2.00 bits per heavy atom. The van der Waals surface area contributed by atoms with Gasteiger partial charge in [-0.2, -0.15) is 0 Å². The minimum Gasteiger partial charge on any atom is -0.391 e. The van der Waals surface area contributed by atoms with Gasteiger partial charge in [0.05, 0.1) is 12.1 Å². The predicted molar refractivity (Wildman–Crippen MR) is 65.9 cm³/mol. The molecule has 0 amide bonds. The third-order valence-corrected chi connectivity index (χ3v) is 3.20. The SMILES string of the molecule is O=c1[nH]c2c(Br)cc(Br)cc2cc1CO. The average Bonchev–Trinajstić information content (AvgIpc) is 2.18. The standard InChI is InChI=1S/C10H7Br2NO2/c11-7-2-5-1-6(4-14)10(15)13-9(5)8(12)3-7/h1-3,14H,4H2,(H,13,15). The summed E-state index contributed by atoms with van der Waals surface area (Å²) in [5, 5.41) is 9.85. The van der Waals surface area contributed by atoms with Gasteiger partial charge in [-0.1, -0.05) is 15.9 Å². The van der Waals surface area contributed by atoms with E-state index in [0.717, 1.165) is 19.8 Å². The average molecular weight is 333 g/mol. The summed E-state index contributed by atoms with van der Waals surface area (Å²) >= 11 is 6.73. The Labute approximate surface area is 102 Å². The number of aliphatic hydroxyl groups is 1. The maximum Gasteiger partial charge on any atom is 0.253 e. The molecule has 1 heterocycles. The minimum absolute atomic E-state index is 0.255. The maximum atomic E-state index is 11.5. The van der Waals surface area contributed by atoms with E-state index in [-0.39, 0.29) is 12.2 Å². The first-order valence-electron chi connectivity index (χ1n) is 4.23. The molecular formula is C10H7Br2NO2. The van der Waals surface area contributed by atoms with Gasteiger partial charge >= 0.3 is 0 Å². The first kappa shape index (κ1) is 10.9. The zero-order valence-corrected chi connectivity index (χ0v) is 10.7. The molecule has 0 radical (unpaired) electrons. The van der Waals surface area contributed by atoms with E-state index in [1.807, 2.05) is 12.1 Å². The van der Waals surface area contributed by atoms with Crippen LogP contribution in [-0.2, 0) is 6.61 Å². The monoisotopic (exact) mass is 331 g/mol. The second kappa shape index (κ2) is 4.08. The Balaban J connectivity index is 2.87. The van der Waals surface area contributed by atoms with Crippen molar-refractivity contribution in [3.63, 3.8) is 0 Å². The van der Waals surface area contributed by atoms with Crippen molar-refractivity contribution < 1.29 is 5.11 Å². The van der Waals surface area contributed by atoms with E-state index < -0.39 is 0 Å². The van der Waals surface area contributed by atoms with Gasteiger partial charge in [0.2, 0.25) is 0 Å². The summed E-state index contributed by atoms with van der Waals surface area (Å²) < 4.78 is 1.73. The molecule has 78 valence electrons. The van der Waals surface area contributed by atoms with Crippen molar-refractivity contribution >= 4 is 42.8 Å². The number of aromatic nitrogens is 1. The third-order valence-electron chi connectivity index (χ3n) is 2.12. The molecule has 0 bridgehead atoms. The lowest BCUT2D eigenvalue weighted by Gasteiger charge is -2.03. The lowest BCUT2D eigenvalue weighted by Crippen LogP contribution is -2.12. The Bertz CT molecular complexity index is 577. The molecule has 0 aliphatic carbocycles. The molecule has 2 aromatic rings. The normalized spacial score (nSPS) is 10.9. The van der Waals surface area contributed by atoms with Crippen LogP contribution in [0.15, 0.2) is 31.9 Å². The van der Waals surface area contributed by atoms with Crippen molar-refractivity contribution in [2.45, 2.75) is 6.61 Å². The van der Waals surface area contributed by atoms with Crippen LogP contribution >= 0.6 is 31.9 Å². The molecule has 0 saturated heterocycles. The molecule has 0 aliphatic heterocycles. The number of H-pyrrole nitrogens is 1. The molecule has 0 unspecified atom stereocenters. The van der Waals surface area contributed by atoms with Crippen LogP contribution in [0.4, 0.5) is 0 Å². The lowest BCUT2D eigenvalue weighted by atomic mass is 10.2. The number of fused-ring (bicyclic) bond motifs is 1. The van der Waals surface area contributed by atoms with Gasteiger partial charge in [0.25, 0.3) is 5.56 Å². The quantitative estimate of drug-likeness (QED) is 0.843. The Kier molecular flexibility index (Phi) is 2.95. The molecule has 0 atom stereocenters. The highest BCUT2D eigenvalue weighted by Crippen LogP contribution is 2.26. The van der Waals surface area contributed by atoms with Crippen LogP contribution < -0.4 is 5.56 Å². The summed E-state index contributed by atoms with van der Waals surface area (Å²) in [6, 6.07) is 5.43. The van der Waals surface area contributed by atoms with Gasteiger partial charge in [-0.25, -0.2) is 0 Å². The highest BCUT2D eigenvalue weighted by molar-refractivity contribution is 9.11. The fourth-order valence-corrected chi connectivity index (χ4v) is 2.76. The van der Waals surface area contributed by atoms with Crippen LogP contribution in [0.25, 0.3) is 10.9 Å². The number of nitrogens with one attached hydrogen (secondary N) is 1. The van der Waals surface area contributed by atoms with E-state index in [9.17, 15) is 4.79 Å². The van der Waals surface area contributed by atoms with Crippen LogP contribution in [0, 0.1) is 0 Å². The molecule has 0 spiro atoms. The molecule has 1 aromatic heterocycles. The van der Waals surface area contributed by atoms with Crippen molar-refractivity contribution in [1.29, 1.82) is 0 Å². The van der Waals surface area contributed by atoms with Crippen molar-refractivity contribution in [3.8, 4) is 0 Å². The van der Waals surface area contributed by atoms with Gasteiger partial charge in [-0.15, -0.1) is 0 Å². The molecule has 0 aliphatic rings. The van der Waals surface area contributed by atoms with Gasteiger partial charge in [0.15, 0.2) is 0 Å². The van der Waals surface area contributed by atoms with E-state index >= 15 is 0 Å². The first-order valence-corrected chi connectivity index (χ1v) is 5.82. The maximum absolute atomic E-state index is 11.5. The molecule has 3 nitrogen and oxygen atoms in total. The Hall–Kier alpha value is -0.650. The highest BCUT2D eigenvalue weighted by Gasteiger charge is 2.05. The second-order valence-corrected chi connectivity index (χ2v) is 4.90. The number of aliphatic hydroxyl groups excluding tert-OH is 1. The van der Waals surface area contributed by atoms with Crippen LogP contribution in [0.3, 0.4) is 0 Å². The van der Waals surface area contributed by atoms with E-state index in [2.05, 4.69) is 36.8 Å². The zero-order chi connectivity index (χ0) is 11.0. The second-order valence-electron chi connectivity index (χ2n) is 3.13. The van der Waals surface area contributed by atoms with Gasteiger partial charge in [0, 0.05) is 19.9 Å². The Morgan fingerprint density at radius 3 is 2.67 bits per heavy atom. The smallest absolute Gasteiger partial charge is 0.253 e. The molecule has 2 N–H and O–H groups in total. The minimum atomic E-state index is -0.256. The van der Waals surface area contributed by atoms with Crippen LogP contribution in [0.1, 0.15) is 5.56 Å². The number of pyridine rings is 1. The summed E-state index contributed by atoms with van der Waals surface area (Å²) in [5.41, 5.74) is 0.848. The van der Waals surface area contributed by atoms with Crippen LogP contribution in [-0.4, -0.2) is 10.1 Å². The number of rotatable bonds is 1. The molecule has 0 fully saturated rings. The summed E-state index contributed by atoms with van der Waals surface area (Å²) in [5.74, 6) is 0. The number of aromatic amines is 1. The molecule has 5 heteroatoms. The Morgan fingerprint density at radius 1 is 1.27 bits per heavy atom. The van der Waals surface area contributed by atoms with E-state index in [4.69, 9.17) is 5.11 Å². The van der Waals surface area contributed by atoms with Crippen molar-refractivity contribution in [2.75, 3.05) is 0 Å². The number of hydrogen-bond acceptors (Lipinski definition) is 2.